The molecule has 0 aliphatic heterocycles. The molecule has 0 amide bonds. The van der Waals surface area contributed by atoms with Crippen LogP contribution in [0.2, 0.25) is 0 Å². The van der Waals surface area contributed by atoms with Crippen LogP contribution in [-0.4, -0.2) is 24.1 Å². The minimum absolute atomic E-state index is 0.428. The first kappa shape index (κ1) is 11.0. The topological polar surface area (TPSA) is 50.9 Å². The Morgan fingerprint density at radius 1 is 1.53 bits per heavy atom. The highest BCUT2D eigenvalue weighted by Crippen LogP contribution is 2.22. The summed E-state index contributed by atoms with van der Waals surface area (Å²) in [7, 11) is 0. The Morgan fingerprint density at radius 2 is 2.47 bits per heavy atom. The summed E-state index contributed by atoms with van der Waals surface area (Å²) in [5.74, 6) is 0.696. The van der Waals surface area contributed by atoms with Crippen LogP contribution < -0.4 is 11.1 Å². The zero-order valence-electron chi connectivity index (χ0n) is 8.98. The minimum Gasteiger partial charge on any atom is -0.327 e. The molecule has 0 radical (unpaired) electrons. The van der Waals surface area contributed by atoms with Crippen molar-refractivity contribution in [2.45, 2.75) is 31.7 Å². The molecular formula is C11H19N3S. The van der Waals surface area contributed by atoms with Crippen molar-refractivity contribution in [1.29, 1.82) is 0 Å². The Labute approximate surface area is 95.1 Å². The highest BCUT2D eigenvalue weighted by molar-refractivity contribution is 7.09. The van der Waals surface area contributed by atoms with Crippen molar-refractivity contribution in [1.82, 2.24) is 10.3 Å². The maximum absolute atomic E-state index is 6.01. The molecule has 0 spiro atoms. The molecule has 1 aliphatic rings. The van der Waals surface area contributed by atoms with Gasteiger partial charge in [0.15, 0.2) is 0 Å². The number of hydrogen-bond donors (Lipinski definition) is 2. The van der Waals surface area contributed by atoms with Crippen LogP contribution in [0.3, 0.4) is 0 Å². The van der Waals surface area contributed by atoms with E-state index in [-0.39, 0.29) is 0 Å². The Bertz CT molecular complexity index is 273. The van der Waals surface area contributed by atoms with Gasteiger partial charge in [-0.1, -0.05) is 6.42 Å². The number of thiazole rings is 1. The quantitative estimate of drug-likeness (QED) is 0.745. The third-order valence-corrected chi connectivity index (χ3v) is 3.96. The van der Waals surface area contributed by atoms with Crippen LogP contribution in [0.25, 0.3) is 0 Å². The predicted molar refractivity (Wildman–Crippen MR) is 64.0 cm³/mol. The van der Waals surface area contributed by atoms with Gasteiger partial charge < -0.3 is 11.1 Å². The van der Waals surface area contributed by atoms with Crippen molar-refractivity contribution in [3.63, 3.8) is 0 Å². The summed E-state index contributed by atoms with van der Waals surface area (Å²) >= 11 is 1.73. The van der Waals surface area contributed by atoms with E-state index in [1.54, 1.807) is 11.3 Å². The van der Waals surface area contributed by atoms with E-state index < -0.39 is 0 Å². The SMILES string of the molecule is NC1CCCC1CNCCc1nccs1. The van der Waals surface area contributed by atoms with Crippen molar-refractivity contribution in [2.24, 2.45) is 11.7 Å². The lowest BCUT2D eigenvalue weighted by atomic mass is 10.1. The summed E-state index contributed by atoms with van der Waals surface area (Å²) in [5.41, 5.74) is 6.01. The van der Waals surface area contributed by atoms with Crippen molar-refractivity contribution >= 4 is 11.3 Å². The fraction of sp³-hybridized carbons (Fsp3) is 0.727. The first-order chi connectivity index (χ1) is 7.36. The average Bonchev–Trinajstić information content (AvgIpc) is 2.85. The molecule has 1 aliphatic carbocycles. The molecule has 3 N–H and O–H groups in total. The van der Waals surface area contributed by atoms with Crippen LogP contribution in [0.1, 0.15) is 24.3 Å². The summed E-state index contributed by atoms with van der Waals surface area (Å²) in [6, 6.07) is 0.428. The lowest BCUT2D eigenvalue weighted by Gasteiger charge is -2.15. The molecule has 1 fully saturated rings. The van der Waals surface area contributed by atoms with Crippen LogP contribution in [0.15, 0.2) is 11.6 Å². The van der Waals surface area contributed by atoms with Crippen LogP contribution >= 0.6 is 11.3 Å². The van der Waals surface area contributed by atoms with E-state index in [4.69, 9.17) is 5.73 Å². The van der Waals surface area contributed by atoms with E-state index in [9.17, 15) is 0 Å². The number of aromatic nitrogens is 1. The molecule has 1 heterocycles. The van der Waals surface area contributed by atoms with Gasteiger partial charge in [-0.05, 0) is 25.3 Å². The molecule has 1 saturated carbocycles. The molecule has 1 aromatic rings. The van der Waals surface area contributed by atoms with Gasteiger partial charge in [-0.2, -0.15) is 0 Å². The van der Waals surface area contributed by atoms with Gasteiger partial charge in [-0.15, -0.1) is 11.3 Å². The maximum atomic E-state index is 6.01. The van der Waals surface area contributed by atoms with Crippen LogP contribution in [0.4, 0.5) is 0 Å². The Hall–Kier alpha value is -0.450. The standard InChI is InChI=1S/C11H19N3S/c12-10-3-1-2-9(10)8-13-5-4-11-14-6-7-15-11/h6-7,9-10,13H,1-5,8,12H2. The normalized spacial score (nSPS) is 25.9. The molecule has 2 rings (SSSR count). The summed E-state index contributed by atoms with van der Waals surface area (Å²) in [4.78, 5) is 4.25. The van der Waals surface area contributed by atoms with Crippen LogP contribution in [0, 0.1) is 5.92 Å². The van der Waals surface area contributed by atoms with Gasteiger partial charge >= 0.3 is 0 Å². The second kappa shape index (κ2) is 5.58. The second-order valence-electron chi connectivity index (χ2n) is 4.23. The van der Waals surface area contributed by atoms with Gasteiger partial charge in [0.1, 0.15) is 0 Å². The van der Waals surface area contributed by atoms with Crippen molar-refractivity contribution in [2.75, 3.05) is 13.1 Å². The van der Waals surface area contributed by atoms with E-state index in [1.807, 2.05) is 11.6 Å². The van der Waals surface area contributed by atoms with E-state index in [2.05, 4.69) is 10.3 Å². The Morgan fingerprint density at radius 3 is 3.13 bits per heavy atom. The number of rotatable bonds is 5. The third-order valence-electron chi connectivity index (χ3n) is 3.12. The fourth-order valence-electron chi connectivity index (χ4n) is 2.18. The highest BCUT2D eigenvalue weighted by Gasteiger charge is 2.22. The maximum Gasteiger partial charge on any atom is 0.0937 e. The minimum atomic E-state index is 0.428. The molecule has 0 bridgehead atoms. The third kappa shape index (κ3) is 3.26. The summed E-state index contributed by atoms with van der Waals surface area (Å²) < 4.78 is 0. The average molecular weight is 225 g/mol. The summed E-state index contributed by atoms with van der Waals surface area (Å²) in [6.45, 7) is 2.10. The van der Waals surface area contributed by atoms with Gasteiger partial charge in [-0.25, -0.2) is 4.98 Å². The first-order valence-electron chi connectivity index (χ1n) is 5.71. The zero-order valence-corrected chi connectivity index (χ0v) is 9.80. The lowest BCUT2D eigenvalue weighted by molar-refractivity contribution is 0.444. The molecular weight excluding hydrogens is 206 g/mol. The monoisotopic (exact) mass is 225 g/mol. The second-order valence-corrected chi connectivity index (χ2v) is 5.21. The van der Waals surface area contributed by atoms with E-state index in [0.29, 0.717) is 12.0 Å². The number of nitrogens with zero attached hydrogens (tertiary/aromatic N) is 1. The fourth-order valence-corrected chi connectivity index (χ4v) is 2.80. The molecule has 3 nitrogen and oxygen atoms in total. The highest BCUT2D eigenvalue weighted by atomic mass is 32.1. The molecule has 0 saturated heterocycles. The molecule has 4 heteroatoms. The van der Waals surface area contributed by atoms with Crippen molar-refractivity contribution < 1.29 is 0 Å². The zero-order chi connectivity index (χ0) is 10.5. The number of hydrogen-bond acceptors (Lipinski definition) is 4. The van der Waals surface area contributed by atoms with Crippen molar-refractivity contribution in [3.05, 3.63) is 16.6 Å². The van der Waals surface area contributed by atoms with Crippen LogP contribution in [0.5, 0.6) is 0 Å². The van der Waals surface area contributed by atoms with Gasteiger partial charge in [0.2, 0.25) is 0 Å². The van der Waals surface area contributed by atoms with Crippen molar-refractivity contribution in [3.8, 4) is 0 Å². The number of nitrogens with two attached hydrogens (primary N) is 1. The molecule has 0 aromatic carbocycles. The molecule has 15 heavy (non-hydrogen) atoms. The van der Waals surface area contributed by atoms with E-state index in [0.717, 1.165) is 19.5 Å². The Balaban J connectivity index is 1.59. The lowest BCUT2D eigenvalue weighted by Crippen LogP contribution is -2.33. The predicted octanol–water partition coefficient (Wildman–Crippen LogP) is 1.40. The smallest absolute Gasteiger partial charge is 0.0937 e. The van der Waals surface area contributed by atoms with Gasteiger partial charge in [0, 0.05) is 30.6 Å². The van der Waals surface area contributed by atoms with E-state index >= 15 is 0 Å². The largest absolute Gasteiger partial charge is 0.327 e. The van der Waals surface area contributed by atoms with E-state index in [1.165, 1.54) is 24.3 Å². The molecule has 84 valence electrons. The molecule has 1 aromatic heterocycles. The summed E-state index contributed by atoms with van der Waals surface area (Å²) in [6.07, 6.45) is 6.72. The van der Waals surface area contributed by atoms with Gasteiger partial charge in [0.05, 0.1) is 5.01 Å². The summed E-state index contributed by atoms with van der Waals surface area (Å²) in [5, 5.41) is 6.73. The van der Waals surface area contributed by atoms with Gasteiger partial charge in [-0.3, -0.25) is 0 Å². The van der Waals surface area contributed by atoms with Crippen LogP contribution in [-0.2, 0) is 6.42 Å². The molecule has 2 atom stereocenters. The molecule has 2 unspecified atom stereocenters. The van der Waals surface area contributed by atoms with Gasteiger partial charge in [0.25, 0.3) is 0 Å². The first-order valence-corrected chi connectivity index (χ1v) is 6.59. The Kier molecular flexibility index (Phi) is 4.11. The number of nitrogens with one attached hydrogen (secondary N) is 1.